The maximum Gasteiger partial charge on any atom is 0.250 e. The molecule has 92 valence electrons. The Morgan fingerprint density at radius 2 is 1.56 bits per heavy atom. The summed E-state index contributed by atoms with van der Waals surface area (Å²) in [6.07, 6.45) is 1.05. The van der Waals surface area contributed by atoms with Crippen LogP contribution in [0.25, 0.3) is 0 Å². The molecule has 0 aromatic rings. The molecule has 0 atom stereocenters. The maximum absolute atomic E-state index is 12.4. The molecule has 0 aromatic heterocycles. The normalized spacial score (nSPS) is 18.3. The Morgan fingerprint density at radius 3 is 1.94 bits per heavy atom. The van der Waals surface area contributed by atoms with E-state index >= 15 is 0 Å². The summed E-state index contributed by atoms with van der Waals surface area (Å²) in [5.41, 5.74) is 2.44. The highest BCUT2D eigenvalue weighted by atomic mass is 16.2. The van der Waals surface area contributed by atoms with E-state index in [1.807, 2.05) is 4.90 Å². The fourth-order valence-electron chi connectivity index (χ4n) is 2.48. The summed E-state index contributed by atoms with van der Waals surface area (Å²) < 4.78 is 0. The largest absolute Gasteiger partial charge is 0.336 e. The summed E-state index contributed by atoms with van der Waals surface area (Å²) in [4.78, 5) is 14.4. The number of carbonyl (C=O) groups excluding carboxylic acids is 1. The molecule has 0 N–H and O–H groups in total. The second-order valence-electron chi connectivity index (χ2n) is 5.59. The van der Waals surface area contributed by atoms with E-state index in [1.54, 1.807) is 0 Å². The third kappa shape index (κ3) is 2.47. The van der Waals surface area contributed by atoms with Gasteiger partial charge in [0.2, 0.25) is 5.91 Å². The molecule has 0 spiro atoms. The van der Waals surface area contributed by atoms with Crippen LogP contribution in [-0.4, -0.2) is 23.4 Å². The average Bonchev–Trinajstić information content (AvgIpc) is 2.15. The molecule has 1 rings (SSSR count). The van der Waals surface area contributed by atoms with Crippen molar-refractivity contribution < 1.29 is 4.79 Å². The minimum absolute atomic E-state index is 0.264. The number of carbonyl (C=O) groups is 1. The predicted molar refractivity (Wildman–Crippen MR) is 68.2 cm³/mol. The predicted octanol–water partition coefficient (Wildman–Crippen LogP) is 3.24. The van der Waals surface area contributed by atoms with E-state index in [0.717, 1.165) is 18.5 Å². The van der Waals surface area contributed by atoms with Crippen LogP contribution in [0.3, 0.4) is 0 Å². The van der Waals surface area contributed by atoms with Gasteiger partial charge in [0, 0.05) is 18.2 Å². The van der Waals surface area contributed by atoms with Gasteiger partial charge in [-0.2, -0.15) is 0 Å². The molecule has 1 aliphatic heterocycles. The molecular weight excluding hydrogens is 198 g/mol. The first-order chi connectivity index (χ1) is 7.36. The molecule has 2 heteroatoms. The summed E-state index contributed by atoms with van der Waals surface area (Å²) in [5.74, 6) is 1.10. The second kappa shape index (κ2) is 5.03. The lowest BCUT2D eigenvalue weighted by molar-refractivity contribution is -0.130. The Bertz CT molecular complexity index is 300. The molecule has 0 fully saturated rings. The zero-order valence-electron chi connectivity index (χ0n) is 11.5. The standard InChI is InChI=1S/C14H25NO/c1-9(2)12-7-8-15(11(5)6)14(16)13(12)10(3)4/h9-11H,7-8H2,1-6H3. The number of nitrogens with zero attached hydrogens (tertiary/aromatic N) is 1. The molecule has 0 aliphatic carbocycles. The minimum atomic E-state index is 0.264. The van der Waals surface area contributed by atoms with E-state index in [-0.39, 0.29) is 5.91 Å². The van der Waals surface area contributed by atoms with Crippen molar-refractivity contribution in [2.24, 2.45) is 11.8 Å². The van der Waals surface area contributed by atoms with Gasteiger partial charge < -0.3 is 4.90 Å². The highest BCUT2D eigenvalue weighted by molar-refractivity contribution is 5.95. The Balaban J connectivity index is 3.10. The van der Waals surface area contributed by atoms with Gasteiger partial charge in [-0.25, -0.2) is 0 Å². The number of rotatable bonds is 3. The zero-order chi connectivity index (χ0) is 12.5. The monoisotopic (exact) mass is 223 g/mol. The lowest BCUT2D eigenvalue weighted by Gasteiger charge is -2.36. The number of hydrogen-bond acceptors (Lipinski definition) is 1. The lowest BCUT2D eigenvalue weighted by Crippen LogP contribution is -2.43. The van der Waals surface area contributed by atoms with Crippen molar-refractivity contribution in [3.63, 3.8) is 0 Å². The maximum atomic E-state index is 12.4. The molecule has 0 saturated carbocycles. The van der Waals surface area contributed by atoms with E-state index in [2.05, 4.69) is 41.5 Å². The van der Waals surface area contributed by atoms with Gasteiger partial charge in [-0.1, -0.05) is 33.3 Å². The first kappa shape index (κ1) is 13.3. The number of hydrogen-bond donors (Lipinski definition) is 0. The van der Waals surface area contributed by atoms with Crippen LogP contribution in [0.1, 0.15) is 48.0 Å². The van der Waals surface area contributed by atoms with Crippen LogP contribution in [0.5, 0.6) is 0 Å². The Hall–Kier alpha value is -0.790. The topological polar surface area (TPSA) is 20.3 Å². The van der Waals surface area contributed by atoms with Crippen LogP contribution in [0.15, 0.2) is 11.1 Å². The summed E-state index contributed by atoms with van der Waals surface area (Å²) >= 11 is 0. The quantitative estimate of drug-likeness (QED) is 0.719. The zero-order valence-corrected chi connectivity index (χ0v) is 11.5. The third-order valence-corrected chi connectivity index (χ3v) is 3.36. The van der Waals surface area contributed by atoms with Gasteiger partial charge in [-0.05, 0) is 32.1 Å². The molecule has 0 bridgehead atoms. The minimum Gasteiger partial charge on any atom is -0.336 e. The Kier molecular flexibility index (Phi) is 4.17. The molecule has 2 nitrogen and oxygen atoms in total. The first-order valence-electron chi connectivity index (χ1n) is 6.40. The number of amides is 1. The molecule has 0 unspecified atom stereocenters. The van der Waals surface area contributed by atoms with Crippen LogP contribution in [0, 0.1) is 11.8 Å². The van der Waals surface area contributed by atoms with Crippen LogP contribution >= 0.6 is 0 Å². The Morgan fingerprint density at radius 1 is 1.00 bits per heavy atom. The van der Waals surface area contributed by atoms with E-state index in [1.165, 1.54) is 5.57 Å². The fourth-order valence-corrected chi connectivity index (χ4v) is 2.48. The van der Waals surface area contributed by atoms with Crippen molar-refractivity contribution in [2.75, 3.05) is 6.54 Å². The summed E-state index contributed by atoms with van der Waals surface area (Å²) in [5, 5.41) is 0. The van der Waals surface area contributed by atoms with Crippen LogP contribution in [-0.2, 0) is 4.79 Å². The molecular formula is C14H25NO. The molecule has 1 heterocycles. The fraction of sp³-hybridized carbons (Fsp3) is 0.786. The van der Waals surface area contributed by atoms with Crippen molar-refractivity contribution in [3.8, 4) is 0 Å². The molecule has 16 heavy (non-hydrogen) atoms. The van der Waals surface area contributed by atoms with Gasteiger partial charge in [0.25, 0.3) is 0 Å². The van der Waals surface area contributed by atoms with Crippen molar-refractivity contribution in [1.29, 1.82) is 0 Å². The highest BCUT2D eigenvalue weighted by Gasteiger charge is 2.30. The van der Waals surface area contributed by atoms with Crippen molar-refractivity contribution in [2.45, 2.75) is 54.0 Å². The molecule has 1 aliphatic rings. The second-order valence-corrected chi connectivity index (χ2v) is 5.59. The van der Waals surface area contributed by atoms with Gasteiger partial charge in [-0.15, -0.1) is 0 Å². The summed E-state index contributed by atoms with van der Waals surface area (Å²) in [6.45, 7) is 13.7. The smallest absolute Gasteiger partial charge is 0.250 e. The van der Waals surface area contributed by atoms with Crippen molar-refractivity contribution >= 4 is 5.91 Å². The third-order valence-electron chi connectivity index (χ3n) is 3.36. The highest BCUT2D eigenvalue weighted by Crippen LogP contribution is 2.30. The van der Waals surface area contributed by atoms with Crippen molar-refractivity contribution in [3.05, 3.63) is 11.1 Å². The Labute approximate surface area is 99.7 Å². The summed E-state index contributed by atoms with van der Waals surface area (Å²) in [7, 11) is 0. The van der Waals surface area contributed by atoms with Crippen LogP contribution < -0.4 is 0 Å². The van der Waals surface area contributed by atoms with E-state index < -0.39 is 0 Å². The molecule has 0 saturated heterocycles. The van der Waals surface area contributed by atoms with Crippen LogP contribution in [0.4, 0.5) is 0 Å². The van der Waals surface area contributed by atoms with Gasteiger partial charge >= 0.3 is 0 Å². The van der Waals surface area contributed by atoms with E-state index in [4.69, 9.17) is 0 Å². The van der Waals surface area contributed by atoms with Crippen LogP contribution in [0.2, 0.25) is 0 Å². The van der Waals surface area contributed by atoms with Gasteiger partial charge in [-0.3, -0.25) is 4.79 Å². The first-order valence-corrected chi connectivity index (χ1v) is 6.40. The van der Waals surface area contributed by atoms with E-state index in [9.17, 15) is 4.79 Å². The summed E-state index contributed by atoms with van der Waals surface area (Å²) in [6, 6.07) is 0.315. The molecule has 0 aromatic carbocycles. The van der Waals surface area contributed by atoms with Gasteiger partial charge in [0.1, 0.15) is 0 Å². The van der Waals surface area contributed by atoms with Gasteiger partial charge in [0.15, 0.2) is 0 Å². The van der Waals surface area contributed by atoms with Crippen molar-refractivity contribution in [1.82, 2.24) is 4.90 Å². The SMILES string of the molecule is CC(C)C1=C(C(C)C)C(=O)N(C(C)C)CC1. The molecule has 1 amide bonds. The average molecular weight is 223 g/mol. The van der Waals surface area contributed by atoms with Gasteiger partial charge in [0.05, 0.1) is 0 Å². The molecule has 0 radical (unpaired) electrons. The lowest BCUT2D eigenvalue weighted by atomic mass is 9.85. The van der Waals surface area contributed by atoms with E-state index in [0.29, 0.717) is 17.9 Å².